The highest BCUT2D eigenvalue weighted by Gasteiger charge is 2.31. The Balaban J connectivity index is 1.92. The lowest BCUT2D eigenvalue weighted by Crippen LogP contribution is -2.19. The number of rotatable bonds is 5. The third-order valence-electron chi connectivity index (χ3n) is 4.22. The highest BCUT2D eigenvalue weighted by Crippen LogP contribution is 2.29. The number of halogens is 3. The van der Waals surface area contributed by atoms with Crippen molar-refractivity contribution >= 4 is 10.8 Å². The van der Waals surface area contributed by atoms with Crippen molar-refractivity contribution in [1.29, 1.82) is 0 Å². The lowest BCUT2D eigenvalue weighted by Gasteiger charge is -2.09. The number of unbranched alkanes of at least 4 members (excludes halogenated alkanes) is 2. The molecule has 1 aromatic carbocycles. The highest BCUT2D eigenvalue weighted by molar-refractivity contribution is 5.85. The predicted molar refractivity (Wildman–Crippen MR) is 93.8 cm³/mol. The lowest BCUT2D eigenvalue weighted by molar-refractivity contribution is -0.138. The molecule has 2 heterocycles. The minimum Gasteiger partial charge on any atom is -0.315 e. The number of benzene rings is 1. The highest BCUT2D eigenvalue weighted by atomic mass is 19.4. The number of nitrogens with zero attached hydrogens (tertiary/aromatic N) is 3. The molecule has 0 N–H and O–H groups in total. The van der Waals surface area contributed by atoms with Gasteiger partial charge in [-0.2, -0.15) is 13.2 Å². The smallest absolute Gasteiger partial charge is 0.315 e. The van der Waals surface area contributed by atoms with Crippen LogP contribution in [0.25, 0.3) is 22.2 Å². The van der Waals surface area contributed by atoms with Crippen LogP contribution in [0.5, 0.6) is 0 Å². The molecule has 0 fully saturated rings. The second-order valence-corrected chi connectivity index (χ2v) is 6.12. The van der Waals surface area contributed by atoms with Crippen molar-refractivity contribution in [2.75, 3.05) is 0 Å². The summed E-state index contributed by atoms with van der Waals surface area (Å²) in [6.07, 6.45) is 1.89. The minimum absolute atomic E-state index is 0.0708. The number of hydrogen-bond donors (Lipinski definition) is 0. The largest absolute Gasteiger partial charge is 0.419 e. The van der Waals surface area contributed by atoms with Gasteiger partial charge < -0.3 is 4.57 Å². The Morgan fingerprint density at radius 1 is 1.08 bits per heavy atom. The van der Waals surface area contributed by atoms with Crippen LogP contribution in [0.15, 0.2) is 47.7 Å². The Labute approximate surface area is 148 Å². The number of fused-ring (bicyclic) bond motifs is 1. The SMILES string of the molecule is CCCCCn1ccc2cc(-c3ncc(C(F)(F)F)cn3)ccc2c1=O. The first-order chi connectivity index (χ1) is 12.4. The van der Waals surface area contributed by atoms with Crippen molar-refractivity contribution in [2.24, 2.45) is 0 Å². The minimum atomic E-state index is -4.47. The van der Waals surface area contributed by atoms with Crippen LogP contribution >= 0.6 is 0 Å². The topological polar surface area (TPSA) is 47.8 Å². The van der Waals surface area contributed by atoms with Crippen molar-refractivity contribution in [2.45, 2.75) is 38.9 Å². The second kappa shape index (κ2) is 7.27. The van der Waals surface area contributed by atoms with Gasteiger partial charge in [0.15, 0.2) is 5.82 Å². The molecule has 0 unspecified atom stereocenters. The van der Waals surface area contributed by atoms with Crippen LogP contribution in [0.2, 0.25) is 0 Å². The predicted octanol–water partition coefficient (Wildman–Crippen LogP) is 4.67. The van der Waals surface area contributed by atoms with Gasteiger partial charge in [-0.3, -0.25) is 4.79 Å². The zero-order chi connectivity index (χ0) is 18.7. The van der Waals surface area contributed by atoms with E-state index in [4.69, 9.17) is 0 Å². The third-order valence-corrected chi connectivity index (χ3v) is 4.22. The van der Waals surface area contributed by atoms with Crippen LogP contribution in [0.4, 0.5) is 13.2 Å². The standard InChI is InChI=1S/C19H18F3N3O/c1-2-3-4-8-25-9-7-13-10-14(5-6-16(13)18(25)26)17-23-11-15(12-24-17)19(20,21)22/h5-7,9-12H,2-4,8H2,1H3. The Bertz CT molecular complexity index is 962. The quantitative estimate of drug-likeness (QED) is 0.621. The Morgan fingerprint density at radius 3 is 2.46 bits per heavy atom. The van der Waals surface area contributed by atoms with Gasteiger partial charge >= 0.3 is 6.18 Å². The van der Waals surface area contributed by atoms with Gasteiger partial charge in [-0.05, 0) is 30.0 Å². The fraction of sp³-hybridized carbons (Fsp3) is 0.316. The summed E-state index contributed by atoms with van der Waals surface area (Å²) in [5.74, 6) is 0.187. The van der Waals surface area contributed by atoms with Crippen LogP contribution in [-0.4, -0.2) is 14.5 Å². The van der Waals surface area contributed by atoms with Crippen LogP contribution in [0, 0.1) is 0 Å². The van der Waals surface area contributed by atoms with Crippen LogP contribution in [0.1, 0.15) is 31.7 Å². The van der Waals surface area contributed by atoms with Gasteiger partial charge in [-0.15, -0.1) is 0 Å². The van der Waals surface area contributed by atoms with E-state index in [2.05, 4.69) is 16.9 Å². The van der Waals surface area contributed by atoms with Crippen LogP contribution < -0.4 is 5.56 Å². The number of aromatic nitrogens is 3. The molecule has 0 aliphatic heterocycles. The van der Waals surface area contributed by atoms with Crippen molar-refractivity contribution < 1.29 is 13.2 Å². The first-order valence-electron chi connectivity index (χ1n) is 8.43. The maximum atomic E-state index is 12.6. The molecule has 26 heavy (non-hydrogen) atoms. The molecule has 0 aliphatic carbocycles. The van der Waals surface area contributed by atoms with Crippen LogP contribution in [0.3, 0.4) is 0 Å². The van der Waals surface area contributed by atoms with Crippen molar-refractivity contribution in [3.63, 3.8) is 0 Å². The van der Waals surface area contributed by atoms with Gasteiger partial charge in [0.1, 0.15) is 0 Å². The fourth-order valence-corrected chi connectivity index (χ4v) is 2.76. The Hall–Kier alpha value is -2.70. The molecule has 0 amide bonds. The Morgan fingerprint density at radius 2 is 1.81 bits per heavy atom. The van der Waals surface area contributed by atoms with Gasteiger partial charge in [-0.1, -0.05) is 25.8 Å². The van der Waals surface area contributed by atoms with Gasteiger partial charge in [0.05, 0.1) is 5.56 Å². The molecular formula is C19H18F3N3O. The summed E-state index contributed by atoms with van der Waals surface area (Å²) in [5, 5.41) is 1.28. The number of aryl methyl sites for hydroxylation is 1. The Kier molecular flexibility index (Phi) is 5.06. The van der Waals surface area contributed by atoms with E-state index in [1.165, 1.54) is 0 Å². The molecule has 3 aromatic rings. The summed E-state index contributed by atoms with van der Waals surface area (Å²) in [7, 11) is 0. The summed E-state index contributed by atoms with van der Waals surface area (Å²) >= 11 is 0. The van der Waals surface area contributed by atoms with Crippen molar-refractivity contribution in [1.82, 2.24) is 14.5 Å². The normalized spacial score (nSPS) is 11.8. The first-order valence-corrected chi connectivity index (χ1v) is 8.43. The maximum Gasteiger partial charge on any atom is 0.419 e. The lowest BCUT2D eigenvalue weighted by atomic mass is 10.1. The van der Waals surface area contributed by atoms with E-state index in [0.717, 1.165) is 31.7 Å². The second-order valence-electron chi connectivity index (χ2n) is 6.12. The van der Waals surface area contributed by atoms with E-state index in [1.54, 1.807) is 29.0 Å². The zero-order valence-electron chi connectivity index (χ0n) is 14.3. The monoisotopic (exact) mass is 361 g/mol. The molecule has 0 saturated heterocycles. The van der Waals surface area contributed by atoms with Gasteiger partial charge in [0.25, 0.3) is 5.56 Å². The first kappa shape index (κ1) is 18.1. The number of alkyl halides is 3. The molecule has 0 saturated carbocycles. The number of hydrogen-bond acceptors (Lipinski definition) is 3. The average molecular weight is 361 g/mol. The van der Waals surface area contributed by atoms with Gasteiger partial charge in [-0.25, -0.2) is 9.97 Å². The van der Waals surface area contributed by atoms with Crippen molar-refractivity contribution in [3.8, 4) is 11.4 Å². The van der Waals surface area contributed by atoms with Gasteiger partial charge in [0.2, 0.25) is 0 Å². The molecule has 7 heteroatoms. The molecule has 136 valence electrons. The van der Waals surface area contributed by atoms with Crippen molar-refractivity contribution in [3.05, 3.63) is 58.8 Å². The zero-order valence-corrected chi connectivity index (χ0v) is 14.3. The summed E-state index contributed by atoms with van der Waals surface area (Å²) < 4.78 is 39.5. The third kappa shape index (κ3) is 3.76. The average Bonchev–Trinajstić information content (AvgIpc) is 2.63. The molecule has 0 radical (unpaired) electrons. The van der Waals surface area contributed by atoms with E-state index in [-0.39, 0.29) is 11.4 Å². The fourth-order valence-electron chi connectivity index (χ4n) is 2.76. The van der Waals surface area contributed by atoms with E-state index in [1.807, 2.05) is 6.07 Å². The summed E-state index contributed by atoms with van der Waals surface area (Å²) in [5.41, 5.74) is -0.398. The van der Waals surface area contributed by atoms with E-state index in [0.29, 0.717) is 22.9 Å². The molecule has 0 spiro atoms. The summed E-state index contributed by atoms with van der Waals surface area (Å²) in [6.45, 7) is 2.78. The molecule has 0 bridgehead atoms. The molecule has 3 rings (SSSR count). The number of pyridine rings is 1. The summed E-state index contributed by atoms with van der Waals surface area (Å²) in [4.78, 5) is 20.1. The van der Waals surface area contributed by atoms with Crippen LogP contribution in [-0.2, 0) is 12.7 Å². The van der Waals surface area contributed by atoms with E-state index < -0.39 is 11.7 Å². The summed E-state index contributed by atoms with van der Waals surface area (Å²) in [6, 6.07) is 6.87. The molecule has 4 nitrogen and oxygen atoms in total. The maximum absolute atomic E-state index is 12.6. The van der Waals surface area contributed by atoms with Gasteiger partial charge in [0, 0.05) is 36.1 Å². The molecular weight excluding hydrogens is 343 g/mol. The molecule has 2 aromatic heterocycles. The van der Waals surface area contributed by atoms with E-state index in [9.17, 15) is 18.0 Å². The van der Waals surface area contributed by atoms with E-state index >= 15 is 0 Å². The molecule has 0 aliphatic rings. The molecule has 0 atom stereocenters.